The van der Waals surface area contributed by atoms with E-state index < -0.39 is 5.82 Å². The summed E-state index contributed by atoms with van der Waals surface area (Å²) in [4.78, 5) is 11.8. The minimum atomic E-state index is -0.469. The summed E-state index contributed by atoms with van der Waals surface area (Å²) >= 11 is 0. The Bertz CT molecular complexity index is 610. The van der Waals surface area contributed by atoms with Crippen molar-refractivity contribution in [3.63, 3.8) is 0 Å². The van der Waals surface area contributed by atoms with Crippen molar-refractivity contribution in [2.45, 2.75) is 19.9 Å². The lowest BCUT2D eigenvalue weighted by molar-refractivity contribution is -0.120. The Hall–Kier alpha value is -2.37. The molecule has 1 amide bonds. The standard InChI is InChI=1S/C14H16FN3O2/c1-9-11(8-17-18-9)7-16-14(19)6-10-3-4-13(20-2)12(15)5-10/h3-5,8H,6-7H2,1-2H3,(H,16,19)(H,17,18). The van der Waals surface area contributed by atoms with Crippen LogP contribution in [0.25, 0.3) is 0 Å². The van der Waals surface area contributed by atoms with E-state index in [2.05, 4.69) is 15.5 Å². The van der Waals surface area contributed by atoms with Crippen LogP contribution in [0.4, 0.5) is 4.39 Å². The van der Waals surface area contributed by atoms with Crippen molar-refractivity contribution in [1.29, 1.82) is 0 Å². The Morgan fingerprint density at radius 3 is 2.90 bits per heavy atom. The monoisotopic (exact) mass is 277 g/mol. The molecule has 0 spiro atoms. The van der Waals surface area contributed by atoms with Gasteiger partial charge in [-0.3, -0.25) is 9.89 Å². The largest absolute Gasteiger partial charge is 0.494 e. The number of carbonyl (C=O) groups excluding carboxylic acids is 1. The van der Waals surface area contributed by atoms with E-state index in [9.17, 15) is 9.18 Å². The van der Waals surface area contributed by atoms with Crippen LogP contribution < -0.4 is 10.1 Å². The van der Waals surface area contributed by atoms with Crippen LogP contribution in [0.5, 0.6) is 5.75 Å². The summed E-state index contributed by atoms with van der Waals surface area (Å²) in [5.41, 5.74) is 2.45. The van der Waals surface area contributed by atoms with Crippen molar-refractivity contribution in [2.24, 2.45) is 0 Å². The fourth-order valence-corrected chi connectivity index (χ4v) is 1.82. The molecule has 0 aliphatic carbocycles. The highest BCUT2D eigenvalue weighted by molar-refractivity contribution is 5.78. The first-order chi connectivity index (χ1) is 9.60. The smallest absolute Gasteiger partial charge is 0.224 e. The highest BCUT2D eigenvalue weighted by Crippen LogP contribution is 2.17. The molecule has 6 heteroatoms. The highest BCUT2D eigenvalue weighted by Gasteiger charge is 2.08. The number of methoxy groups -OCH3 is 1. The van der Waals surface area contributed by atoms with Gasteiger partial charge in [0, 0.05) is 17.8 Å². The molecule has 2 N–H and O–H groups in total. The quantitative estimate of drug-likeness (QED) is 0.874. The Morgan fingerprint density at radius 1 is 1.50 bits per heavy atom. The maximum Gasteiger partial charge on any atom is 0.224 e. The predicted molar refractivity (Wildman–Crippen MR) is 71.8 cm³/mol. The number of aromatic amines is 1. The molecule has 0 radical (unpaired) electrons. The van der Waals surface area contributed by atoms with Crippen LogP contribution in [0, 0.1) is 12.7 Å². The number of halogens is 1. The molecule has 5 nitrogen and oxygen atoms in total. The molecule has 20 heavy (non-hydrogen) atoms. The highest BCUT2D eigenvalue weighted by atomic mass is 19.1. The SMILES string of the molecule is COc1ccc(CC(=O)NCc2cn[nH]c2C)cc1F. The number of nitrogens with zero attached hydrogens (tertiary/aromatic N) is 1. The van der Waals surface area contributed by atoms with E-state index in [4.69, 9.17) is 4.74 Å². The number of rotatable bonds is 5. The van der Waals surface area contributed by atoms with Crippen LogP contribution in [0.1, 0.15) is 16.8 Å². The summed E-state index contributed by atoms with van der Waals surface area (Å²) in [5, 5.41) is 9.44. The summed E-state index contributed by atoms with van der Waals surface area (Å²) in [7, 11) is 1.40. The summed E-state index contributed by atoms with van der Waals surface area (Å²) in [6.45, 7) is 2.28. The molecule has 1 heterocycles. The van der Waals surface area contributed by atoms with Crippen molar-refractivity contribution in [3.8, 4) is 5.75 Å². The first-order valence-electron chi connectivity index (χ1n) is 6.18. The van der Waals surface area contributed by atoms with E-state index in [0.717, 1.165) is 11.3 Å². The van der Waals surface area contributed by atoms with Crippen LogP contribution in [0.2, 0.25) is 0 Å². The predicted octanol–water partition coefficient (Wildman–Crippen LogP) is 1.72. The molecule has 0 atom stereocenters. The molecular weight excluding hydrogens is 261 g/mol. The van der Waals surface area contributed by atoms with Crippen LogP contribution in [0.15, 0.2) is 24.4 Å². The van der Waals surface area contributed by atoms with Gasteiger partial charge in [0.25, 0.3) is 0 Å². The zero-order chi connectivity index (χ0) is 14.5. The number of hydrogen-bond acceptors (Lipinski definition) is 3. The summed E-state index contributed by atoms with van der Waals surface area (Å²) in [6, 6.07) is 4.49. The first-order valence-corrected chi connectivity index (χ1v) is 6.18. The lowest BCUT2D eigenvalue weighted by atomic mass is 10.1. The molecule has 0 aliphatic rings. The lowest BCUT2D eigenvalue weighted by Crippen LogP contribution is -2.24. The topological polar surface area (TPSA) is 67.0 Å². The summed E-state index contributed by atoms with van der Waals surface area (Å²) < 4.78 is 18.3. The van der Waals surface area contributed by atoms with Crippen molar-refractivity contribution in [3.05, 3.63) is 47.0 Å². The molecule has 0 saturated heterocycles. The van der Waals surface area contributed by atoms with E-state index >= 15 is 0 Å². The number of amides is 1. The van der Waals surface area contributed by atoms with E-state index in [0.29, 0.717) is 12.1 Å². The van der Waals surface area contributed by atoms with E-state index in [1.165, 1.54) is 19.2 Å². The summed E-state index contributed by atoms with van der Waals surface area (Å²) in [6.07, 6.45) is 1.79. The third-order valence-corrected chi connectivity index (χ3v) is 2.99. The number of ether oxygens (including phenoxy) is 1. The van der Waals surface area contributed by atoms with Crippen molar-refractivity contribution in [2.75, 3.05) is 7.11 Å². The lowest BCUT2D eigenvalue weighted by Gasteiger charge is -2.06. The molecule has 0 aliphatic heterocycles. The molecule has 106 valence electrons. The molecule has 0 unspecified atom stereocenters. The van der Waals surface area contributed by atoms with Crippen LogP contribution in [-0.2, 0) is 17.8 Å². The molecule has 2 rings (SSSR count). The summed E-state index contributed by atoms with van der Waals surface area (Å²) in [5.74, 6) is -0.471. The fraction of sp³-hybridized carbons (Fsp3) is 0.286. The van der Waals surface area contributed by atoms with Crippen molar-refractivity contribution >= 4 is 5.91 Å². The number of aromatic nitrogens is 2. The van der Waals surface area contributed by atoms with Crippen LogP contribution in [0.3, 0.4) is 0 Å². The average Bonchev–Trinajstić information content (AvgIpc) is 2.82. The van der Waals surface area contributed by atoms with Gasteiger partial charge in [0.05, 0.1) is 19.7 Å². The van der Waals surface area contributed by atoms with Gasteiger partial charge in [-0.15, -0.1) is 0 Å². The number of nitrogens with one attached hydrogen (secondary N) is 2. The van der Waals surface area contributed by atoms with Gasteiger partial charge in [-0.05, 0) is 24.6 Å². The van der Waals surface area contributed by atoms with Gasteiger partial charge in [-0.25, -0.2) is 4.39 Å². The van der Waals surface area contributed by atoms with Gasteiger partial charge < -0.3 is 10.1 Å². The number of aryl methyl sites for hydroxylation is 1. The Labute approximate surface area is 116 Å². The number of benzene rings is 1. The third kappa shape index (κ3) is 3.34. The van der Waals surface area contributed by atoms with Gasteiger partial charge in [0.1, 0.15) is 0 Å². The van der Waals surface area contributed by atoms with E-state index in [1.807, 2.05) is 6.92 Å². The van der Waals surface area contributed by atoms with Crippen molar-refractivity contribution < 1.29 is 13.9 Å². The average molecular weight is 277 g/mol. The minimum Gasteiger partial charge on any atom is -0.494 e. The van der Waals surface area contributed by atoms with Crippen molar-refractivity contribution in [1.82, 2.24) is 15.5 Å². The normalized spacial score (nSPS) is 10.3. The number of H-pyrrole nitrogens is 1. The van der Waals surface area contributed by atoms with E-state index in [1.54, 1.807) is 12.3 Å². The van der Waals surface area contributed by atoms with Gasteiger partial charge >= 0.3 is 0 Å². The van der Waals surface area contributed by atoms with Crippen LogP contribution >= 0.6 is 0 Å². The minimum absolute atomic E-state index is 0.123. The second-order valence-corrected chi connectivity index (χ2v) is 4.44. The maximum absolute atomic E-state index is 13.5. The van der Waals surface area contributed by atoms with Gasteiger partial charge in [0.15, 0.2) is 11.6 Å². The van der Waals surface area contributed by atoms with Gasteiger partial charge in [0.2, 0.25) is 5.91 Å². The molecule has 0 saturated carbocycles. The third-order valence-electron chi connectivity index (χ3n) is 2.99. The first kappa shape index (κ1) is 14.0. The second kappa shape index (κ2) is 6.18. The Kier molecular flexibility index (Phi) is 4.34. The molecule has 1 aromatic carbocycles. The number of hydrogen-bond donors (Lipinski definition) is 2. The molecule has 1 aromatic heterocycles. The van der Waals surface area contributed by atoms with Crippen LogP contribution in [-0.4, -0.2) is 23.2 Å². The van der Waals surface area contributed by atoms with Gasteiger partial charge in [-0.2, -0.15) is 5.10 Å². The molecule has 0 fully saturated rings. The number of carbonyl (C=O) groups is 1. The second-order valence-electron chi connectivity index (χ2n) is 4.44. The van der Waals surface area contributed by atoms with Gasteiger partial charge in [-0.1, -0.05) is 6.07 Å². The molecule has 0 bridgehead atoms. The molecule has 2 aromatic rings. The maximum atomic E-state index is 13.5. The fourth-order valence-electron chi connectivity index (χ4n) is 1.82. The Balaban J connectivity index is 1.91. The Morgan fingerprint density at radius 2 is 2.30 bits per heavy atom. The zero-order valence-corrected chi connectivity index (χ0v) is 11.4. The zero-order valence-electron chi connectivity index (χ0n) is 11.4. The molecular formula is C14H16FN3O2. The van der Waals surface area contributed by atoms with E-state index in [-0.39, 0.29) is 18.1 Å².